The number of rotatable bonds is 7. The van der Waals surface area contributed by atoms with Crippen molar-refractivity contribution >= 4 is 23.0 Å². The molecule has 1 aliphatic heterocycles. The lowest BCUT2D eigenvalue weighted by Crippen LogP contribution is -2.37. The first-order valence-corrected chi connectivity index (χ1v) is 10.6. The van der Waals surface area contributed by atoms with Gasteiger partial charge in [-0.25, -0.2) is 0 Å². The summed E-state index contributed by atoms with van der Waals surface area (Å²) in [4.78, 5) is 28.0. The van der Waals surface area contributed by atoms with Gasteiger partial charge in [-0.2, -0.15) is 0 Å². The SMILES string of the molecule is CN(C)c1ccc(C(CNC(=O)c2ccccc2[N+](=O)[O-])N2CCc3ccccc32)cc1. The summed E-state index contributed by atoms with van der Waals surface area (Å²) in [6, 6.07) is 22.5. The van der Waals surface area contributed by atoms with Gasteiger partial charge in [-0.3, -0.25) is 14.9 Å². The molecule has 3 aromatic rings. The topological polar surface area (TPSA) is 78.7 Å². The standard InChI is InChI=1S/C25H26N4O3/c1-27(2)20-13-11-19(12-14-20)24(28-16-15-18-7-3-5-9-22(18)28)17-26-25(30)21-8-4-6-10-23(21)29(31)32/h3-14,24H,15-17H2,1-2H3,(H,26,30). The molecule has 7 nitrogen and oxygen atoms in total. The van der Waals surface area contributed by atoms with Crippen molar-refractivity contribution in [3.63, 3.8) is 0 Å². The molecule has 0 saturated heterocycles. The fraction of sp³-hybridized carbons (Fsp3) is 0.240. The van der Waals surface area contributed by atoms with Crippen molar-refractivity contribution < 1.29 is 9.72 Å². The second-order valence-electron chi connectivity index (χ2n) is 8.06. The van der Waals surface area contributed by atoms with E-state index < -0.39 is 10.8 Å². The predicted octanol–water partition coefficient (Wildman–Crippen LogP) is 4.19. The Hall–Kier alpha value is -3.87. The fourth-order valence-electron chi connectivity index (χ4n) is 4.20. The summed E-state index contributed by atoms with van der Waals surface area (Å²) < 4.78 is 0. The first-order valence-electron chi connectivity index (χ1n) is 10.6. The number of carbonyl (C=O) groups is 1. The van der Waals surface area contributed by atoms with E-state index in [1.165, 1.54) is 17.7 Å². The number of nitrogens with zero attached hydrogens (tertiary/aromatic N) is 3. The Morgan fingerprint density at radius 2 is 1.75 bits per heavy atom. The van der Waals surface area contributed by atoms with Gasteiger partial charge >= 0.3 is 0 Å². The minimum absolute atomic E-state index is 0.0704. The molecular weight excluding hydrogens is 404 g/mol. The Bertz CT molecular complexity index is 1130. The van der Waals surface area contributed by atoms with Gasteiger partial charge in [0.15, 0.2) is 0 Å². The number of fused-ring (bicyclic) bond motifs is 1. The zero-order valence-corrected chi connectivity index (χ0v) is 18.2. The minimum atomic E-state index is -0.525. The van der Waals surface area contributed by atoms with Crippen molar-refractivity contribution in [3.8, 4) is 0 Å². The molecule has 0 aliphatic carbocycles. The molecule has 164 valence electrons. The van der Waals surface area contributed by atoms with E-state index >= 15 is 0 Å². The summed E-state index contributed by atoms with van der Waals surface area (Å²) in [5.41, 5.74) is 4.50. The van der Waals surface area contributed by atoms with E-state index in [-0.39, 0.29) is 17.3 Å². The number of carbonyl (C=O) groups excluding carboxylic acids is 1. The number of hydrogen-bond donors (Lipinski definition) is 1. The van der Waals surface area contributed by atoms with E-state index in [1.807, 2.05) is 31.1 Å². The summed E-state index contributed by atoms with van der Waals surface area (Å²) in [5, 5.41) is 14.3. The van der Waals surface area contributed by atoms with E-state index in [2.05, 4.69) is 46.6 Å². The van der Waals surface area contributed by atoms with E-state index in [0.29, 0.717) is 6.54 Å². The summed E-state index contributed by atoms with van der Waals surface area (Å²) >= 11 is 0. The number of nitro benzene ring substituents is 1. The van der Waals surface area contributed by atoms with Gasteiger partial charge in [-0.15, -0.1) is 0 Å². The van der Waals surface area contributed by atoms with Gasteiger partial charge in [-0.1, -0.05) is 42.5 Å². The molecule has 1 amide bonds. The molecule has 1 unspecified atom stereocenters. The zero-order valence-electron chi connectivity index (χ0n) is 18.2. The van der Waals surface area contributed by atoms with Crippen LogP contribution < -0.4 is 15.1 Å². The summed E-state index contributed by atoms with van der Waals surface area (Å²) in [5.74, 6) is -0.445. The smallest absolute Gasteiger partial charge is 0.282 e. The van der Waals surface area contributed by atoms with Crippen LogP contribution in [0, 0.1) is 10.1 Å². The van der Waals surface area contributed by atoms with Crippen molar-refractivity contribution in [2.75, 3.05) is 37.0 Å². The summed E-state index contributed by atoms with van der Waals surface area (Å²) in [6.45, 7) is 1.18. The number of amides is 1. The summed E-state index contributed by atoms with van der Waals surface area (Å²) in [7, 11) is 3.99. The van der Waals surface area contributed by atoms with Gasteiger partial charge in [0.05, 0.1) is 11.0 Å². The maximum atomic E-state index is 12.9. The molecule has 1 aliphatic rings. The zero-order chi connectivity index (χ0) is 22.7. The van der Waals surface area contributed by atoms with E-state index in [1.54, 1.807) is 12.1 Å². The van der Waals surface area contributed by atoms with Crippen LogP contribution in [0.5, 0.6) is 0 Å². The van der Waals surface area contributed by atoms with Gasteiger partial charge < -0.3 is 15.1 Å². The Morgan fingerprint density at radius 1 is 1.06 bits per heavy atom. The molecule has 0 saturated carbocycles. The first-order chi connectivity index (χ1) is 15.5. The Morgan fingerprint density at radius 3 is 2.47 bits per heavy atom. The maximum Gasteiger partial charge on any atom is 0.282 e. The van der Waals surface area contributed by atoms with Crippen LogP contribution in [0.3, 0.4) is 0 Å². The molecule has 32 heavy (non-hydrogen) atoms. The second kappa shape index (κ2) is 9.09. The molecule has 0 spiro atoms. The van der Waals surface area contributed by atoms with Gasteiger partial charge in [-0.05, 0) is 41.8 Å². The number of nitrogens with one attached hydrogen (secondary N) is 1. The maximum absolute atomic E-state index is 12.9. The normalized spacial score (nSPS) is 13.4. The molecule has 0 bridgehead atoms. The average Bonchev–Trinajstić information content (AvgIpc) is 3.23. The summed E-state index contributed by atoms with van der Waals surface area (Å²) in [6.07, 6.45) is 0.945. The highest BCUT2D eigenvalue weighted by molar-refractivity contribution is 5.98. The van der Waals surface area contributed by atoms with Crippen LogP contribution in [0.2, 0.25) is 0 Å². The monoisotopic (exact) mass is 430 g/mol. The van der Waals surface area contributed by atoms with Crippen LogP contribution in [-0.4, -0.2) is 38.0 Å². The van der Waals surface area contributed by atoms with Gasteiger partial charge in [0, 0.05) is 44.6 Å². The molecule has 4 rings (SSSR count). The second-order valence-corrected chi connectivity index (χ2v) is 8.06. The molecule has 0 radical (unpaired) electrons. The molecular formula is C25H26N4O3. The van der Waals surface area contributed by atoms with E-state index in [4.69, 9.17) is 0 Å². The van der Waals surface area contributed by atoms with Crippen LogP contribution in [0.4, 0.5) is 17.1 Å². The van der Waals surface area contributed by atoms with Crippen LogP contribution in [0.1, 0.15) is 27.5 Å². The highest BCUT2D eigenvalue weighted by atomic mass is 16.6. The highest BCUT2D eigenvalue weighted by Gasteiger charge is 2.28. The third-order valence-electron chi connectivity index (χ3n) is 5.89. The molecule has 0 fully saturated rings. The van der Waals surface area contributed by atoms with Crippen molar-refractivity contribution in [2.24, 2.45) is 0 Å². The largest absolute Gasteiger partial charge is 0.378 e. The lowest BCUT2D eigenvalue weighted by atomic mass is 10.0. The Labute approximate surface area is 187 Å². The van der Waals surface area contributed by atoms with Crippen molar-refractivity contribution in [1.29, 1.82) is 0 Å². The van der Waals surface area contributed by atoms with Crippen molar-refractivity contribution in [1.82, 2.24) is 5.32 Å². The first kappa shape index (κ1) is 21.4. The van der Waals surface area contributed by atoms with E-state index in [0.717, 1.165) is 29.9 Å². The van der Waals surface area contributed by atoms with Crippen LogP contribution in [0.25, 0.3) is 0 Å². The number of para-hydroxylation sites is 2. The molecule has 1 N–H and O–H groups in total. The fourth-order valence-corrected chi connectivity index (χ4v) is 4.20. The van der Waals surface area contributed by atoms with Crippen molar-refractivity contribution in [3.05, 3.63) is 99.6 Å². The van der Waals surface area contributed by atoms with Crippen LogP contribution in [-0.2, 0) is 6.42 Å². The predicted molar refractivity (Wildman–Crippen MR) is 126 cm³/mol. The quantitative estimate of drug-likeness (QED) is 0.449. The molecule has 3 aromatic carbocycles. The van der Waals surface area contributed by atoms with Gasteiger partial charge in [0.1, 0.15) is 5.56 Å². The van der Waals surface area contributed by atoms with Crippen molar-refractivity contribution in [2.45, 2.75) is 12.5 Å². The number of benzene rings is 3. The number of nitro groups is 1. The average molecular weight is 431 g/mol. The Kier molecular flexibility index (Phi) is 6.07. The van der Waals surface area contributed by atoms with Crippen LogP contribution >= 0.6 is 0 Å². The lowest BCUT2D eigenvalue weighted by molar-refractivity contribution is -0.385. The molecule has 0 aromatic heterocycles. The molecule has 1 atom stereocenters. The lowest BCUT2D eigenvalue weighted by Gasteiger charge is -2.31. The van der Waals surface area contributed by atoms with Crippen LogP contribution in [0.15, 0.2) is 72.8 Å². The third kappa shape index (κ3) is 4.27. The number of hydrogen-bond acceptors (Lipinski definition) is 5. The Balaban J connectivity index is 1.62. The molecule has 1 heterocycles. The van der Waals surface area contributed by atoms with E-state index in [9.17, 15) is 14.9 Å². The third-order valence-corrected chi connectivity index (χ3v) is 5.89. The minimum Gasteiger partial charge on any atom is -0.378 e. The highest BCUT2D eigenvalue weighted by Crippen LogP contribution is 2.35. The number of anilines is 2. The van der Waals surface area contributed by atoms with Gasteiger partial charge in [0.25, 0.3) is 11.6 Å². The molecule has 7 heteroatoms. The van der Waals surface area contributed by atoms with Gasteiger partial charge in [0.2, 0.25) is 0 Å².